The smallest absolute Gasteiger partial charge is 0.461 e. The van der Waals surface area contributed by atoms with Crippen molar-refractivity contribution in [2.75, 3.05) is 7.11 Å². The van der Waals surface area contributed by atoms with Gasteiger partial charge >= 0.3 is 13.1 Å². The maximum absolute atomic E-state index is 11.6. The Morgan fingerprint density at radius 3 is 2.45 bits per heavy atom. The van der Waals surface area contributed by atoms with Crippen LogP contribution in [0.1, 0.15) is 56.0 Å². The van der Waals surface area contributed by atoms with Gasteiger partial charge in [0.25, 0.3) is 0 Å². The van der Waals surface area contributed by atoms with Gasteiger partial charge in [-0.3, -0.25) is 0 Å². The van der Waals surface area contributed by atoms with Crippen LogP contribution in [0.2, 0.25) is 5.82 Å². The molecule has 2 aliphatic rings. The number of hydrogen-bond donors (Lipinski definition) is 0. The van der Waals surface area contributed by atoms with Gasteiger partial charge in [0, 0.05) is 5.82 Å². The first-order valence-electron chi connectivity index (χ1n) is 7.79. The predicted octanol–water partition coefficient (Wildman–Crippen LogP) is 3.42. The lowest BCUT2D eigenvalue weighted by atomic mass is 9.79. The largest absolute Gasteiger partial charge is 0.465 e. The van der Waals surface area contributed by atoms with Crippen LogP contribution >= 0.6 is 0 Å². The molecule has 2 fully saturated rings. The van der Waals surface area contributed by atoms with Crippen LogP contribution in [0.5, 0.6) is 0 Å². The van der Waals surface area contributed by atoms with Gasteiger partial charge in [-0.1, -0.05) is 12.1 Å². The van der Waals surface area contributed by atoms with Crippen LogP contribution in [-0.4, -0.2) is 31.4 Å². The van der Waals surface area contributed by atoms with Crippen molar-refractivity contribution in [1.29, 1.82) is 0 Å². The fraction of sp³-hybridized carbons (Fsp3) is 0.588. The summed E-state index contributed by atoms with van der Waals surface area (Å²) in [5.41, 5.74) is 1.17. The molecule has 1 aromatic rings. The van der Waals surface area contributed by atoms with Gasteiger partial charge in [-0.05, 0) is 57.7 Å². The molecule has 1 aromatic carbocycles. The molecule has 0 unspecified atom stereocenters. The summed E-state index contributed by atoms with van der Waals surface area (Å²) in [5, 5.41) is 0. The monoisotopic (exact) mass is 302 g/mol. The zero-order valence-corrected chi connectivity index (χ0v) is 13.9. The van der Waals surface area contributed by atoms with Crippen LogP contribution in [-0.2, 0) is 14.0 Å². The van der Waals surface area contributed by atoms with Crippen LogP contribution in [0.3, 0.4) is 0 Å². The van der Waals surface area contributed by atoms with E-state index < -0.39 is 0 Å². The molecule has 1 saturated heterocycles. The van der Waals surface area contributed by atoms with E-state index in [1.165, 1.54) is 7.11 Å². The Hall–Kier alpha value is -1.33. The minimum atomic E-state index is -0.297. The molecule has 2 atom stereocenters. The quantitative estimate of drug-likeness (QED) is 0.634. The van der Waals surface area contributed by atoms with Gasteiger partial charge in [-0.25, -0.2) is 4.79 Å². The summed E-state index contributed by atoms with van der Waals surface area (Å²) in [6.45, 7) is 8.29. The summed E-state index contributed by atoms with van der Waals surface area (Å²) in [7, 11) is 1.23. The second kappa shape index (κ2) is 5.10. The van der Waals surface area contributed by atoms with E-state index in [9.17, 15) is 4.79 Å². The fourth-order valence-corrected chi connectivity index (χ4v) is 2.98. The van der Waals surface area contributed by atoms with Crippen LogP contribution < -0.4 is 0 Å². The Morgan fingerprint density at radius 1 is 1.23 bits per heavy atom. The van der Waals surface area contributed by atoms with E-state index >= 15 is 0 Å². The Labute approximate surface area is 132 Å². The van der Waals surface area contributed by atoms with E-state index in [4.69, 9.17) is 14.0 Å². The summed E-state index contributed by atoms with van der Waals surface area (Å²) in [5.74, 6) is 0.447. The first-order valence-corrected chi connectivity index (χ1v) is 7.79. The van der Waals surface area contributed by atoms with Crippen molar-refractivity contribution in [2.24, 2.45) is 0 Å². The van der Waals surface area contributed by atoms with Gasteiger partial charge in [0.1, 0.15) is 0 Å². The van der Waals surface area contributed by atoms with E-state index in [1.54, 1.807) is 6.07 Å². The minimum absolute atomic E-state index is 0.170. The number of carbonyl (C=O) groups is 1. The second-order valence-electron chi connectivity index (χ2n) is 7.25. The highest BCUT2D eigenvalue weighted by Crippen LogP contribution is 2.58. The third-order valence-electron chi connectivity index (χ3n) is 5.20. The number of rotatable bonds is 3. The van der Waals surface area contributed by atoms with E-state index in [0.717, 1.165) is 12.0 Å². The molecule has 4 nitrogen and oxygen atoms in total. The number of hydrogen-bond acceptors (Lipinski definition) is 4. The van der Waals surface area contributed by atoms with E-state index in [-0.39, 0.29) is 24.3 Å². The van der Waals surface area contributed by atoms with Crippen molar-refractivity contribution in [3.8, 4) is 0 Å². The van der Waals surface area contributed by atoms with Gasteiger partial charge in [-0.2, -0.15) is 0 Å². The van der Waals surface area contributed by atoms with Crippen molar-refractivity contribution in [1.82, 2.24) is 0 Å². The molecule has 118 valence electrons. The van der Waals surface area contributed by atoms with Gasteiger partial charge in [0.05, 0.1) is 23.9 Å². The van der Waals surface area contributed by atoms with Crippen molar-refractivity contribution >= 4 is 13.1 Å². The Kier molecular flexibility index (Phi) is 3.61. The zero-order valence-electron chi connectivity index (χ0n) is 13.9. The highest BCUT2D eigenvalue weighted by molar-refractivity contribution is 6.49. The summed E-state index contributed by atoms with van der Waals surface area (Å²) < 4.78 is 17.0. The van der Waals surface area contributed by atoms with Crippen LogP contribution in [0.4, 0.5) is 0 Å². The molecule has 0 spiro atoms. The Bertz CT molecular complexity index is 580. The minimum Gasteiger partial charge on any atom is -0.465 e. The molecule has 1 saturated carbocycles. The summed E-state index contributed by atoms with van der Waals surface area (Å²) in [6.07, 6.45) is 1.03. The number of methoxy groups -OCH3 is 1. The summed E-state index contributed by atoms with van der Waals surface area (Å²) >= 11 is 0. The molecular weight excluding hydrogens is 279 g/mol. The zero-order chi connectivity index (χ0) is 16.1. The maximum atomic E-state index is 11.6. The number of carbonyl (C=O) groups excluding carboxylic acids is 1. The molecule has 3 rings (SSSR count). The van der Waals surface area contributed by atoms with Gasteiger partial charge in [0.15, 0.2) is 0 Å². The topological polar surface area (TPSA) is 44.8 Å². The lowest BCUT2D eigenvalue weighted by Gasteiger charge is -2.32. The third-order valence-corrected chi connectivity index (χ3v) is 5.20. The molecule has 1 aliphatic heterocycles. The first-order chi connectivity index (χ1) is 10.2. The highest BCUT2D eigenvalue weighted by atomic mass is 16.7. The molecule has 0 radical (unpaired) electrons. The van der Waals surface area contributed by atoms with Crippen molar-refractivity contribution < 1.29 is 18.8 Å². The molecule has 0 bridgehead atoms. The van der Waals surface area contributed by atoms with Crippen LogP contribution in [0.25, 0.3) is 0 Å². The van der Waals surface area contributed by atoms with Gasteiger partial charge < -0.3 is 14.0 Å². The van der Waals surface area contributed by atoms with Gasteiger partial charge in [-0.15, -0.1) is 0 Å². The molecule has 0 aromatic heterocycles. The standard InChI is InChI=1S/C17H23BO4/c1-16(2)17(3,4)22-18(21-16)14-10-13(14)11-7-6-8-12(9-11)15(19)20-5/h6-9,13-14H,10H2,1-5H3/t13-,14+/m0/s1. The number of esters is 1. The first kappa shape index (κ1) is 15.6. The SMILES string of the molecule is COC(=O)c1cccc([C@@H]2C[C@H]2B2OC(C)(C)C(C)(C)O2)c1. The van der Waals surface area contributed by atoms with Gasteiger partial charge in [0.2, 0.25) is 0 Å². The average molecular weight is 302 g/mol. The molecular formula is C17H23BO4. The number of ether oxygens (including phenoxy) is 1. The summed E-state index contributed by atoms with van der Waals surface area (Å²) in [4.78, 5) is 11.6. The van der Waals surface area contributed by atoms with E-state index in [1.807, 2.05) is 12.1 Å². The normalized spacial score (nSPS) is 28.5. The van der Waals surface area contributed by atoms with Crippen molar-refractivity contribution in [2.45, 2.75) is 57.1 Å². The lowest BCUT2D eigenvalue weighted by Crippen LogP contribution is -2.41. The summed E-state index contributed by atoms with van der Waals surface area (Å²) in [6, 6.07) is 7.66. The lowest BCUT2D eigenvalue weighted by molar-refractivity contribution is 0.00578. The van der Waals surface area contributed by atoms with E-state index in [2.05, 4.69) is 33.8 Å². The molecule has 0 N–H and O–H groups in total. The van der Waals surface area contributed by atoms with Crippen molar-refractivity contribution in [3.63, 3.8) is 0 Å². The van der Waals surface area contributed by atoms with Crippen LogP contribution in [0.15, 0.2) is 24.3 Å². The Morgan fingerprint density at radius 2 is 1.86 bits per heavy atom. The molecule has 0 amide bonds. The van der Waals surface area contributed by atoms with Crippen LogP contribution in [0, 0.1) is 0 Å². The molecule has 1 aliphatic carbocycles. The van der Waals surface area contributed by atoms with E-state index in [0.29, 0.717) is 17.3 Å². The molecule has 1 heterocycles. The Balaban J connectivity index is 1.72. The second-order valence-corrected chi connectivity index (χ2v) is 7.25. The van der Waals surface area contributed by atoms with Crippen molar-refractivity contribution in [3.05, 3.63) is 35.4 Å². The molecule has 22 heavy (non-hydrogen) atoms. The molecule has 5 heteroatoms. The fourth-order valence-electron chi connectivity index (χ4n) is 2.98. The third kappa shape index (κ3) is 2.57. The predicted molar refractivity (Wildman–Crippen MR) is 85.0 cm³/mol. The average Bonchev–Trinajstić information content (AvgIpc) is 3.21. The highest BCUT2D eigenvalue weighted by Gasteiger charge is 2.59. The number of benzene rings is 1. The maximum Gasteiger partial charge on any atom is 0.461 e.